The molecule has 0 unspecified atom stereocenters. The highest BCUT2D eigenvalue weighted by molar-refractivity contribution is 9.10. The molecule has 0 bridgehead atoms. The average Bonchev–Trinajstić information content (AvgIpc) is 2.20. The Hall–Kier alpha value is -1.23. The molecule has 0 aliphatic carbocycles. The van der Waals surface area contributed by atoms with Crippen LogP contribution in [0.2, 0.25) is 0 Å². The number of anilines is 1. The second-order valence-corrected chi connectivity index (χ2v) is 4.38. The second kappa shape index (κ2) is 5.21. The van der Waals surface area contributed by atoms with Crippen molar-refractivity contribution in [1.82, 2.24) is 0 Å². The zero-order valence-electron chi connectivity index (χ0n) is 9.41. The van der Waals surface area contributed by atoms with Crippen LogP contribution in [0.15, 0.2) is 16.6 Å². The normalized spacial score (nSPS) is 10.3. The lowest BCUT2D eigenvalue weighted by atomic mass is 10.1. The molecule has 16 heavy (non-hydrogen) atoms. The van der Waals surface area contributed by atoms with Gasteiger partial charge in [-0.1, -0.05) is 0 Å². The van der Waals surface area contributed by atoms with E-state index in [4.69, 9.17) is 10.5 Å². The molecule has 1 aromatic rings. The summed E-state index contributed by atoms with van der Waals surface area (Å²) in [4.78, 5) is 11.4. The summed E-state index contributed by atoms with van der Waals surface area (Å²) in [7, 11) is 1.31. The SMILES string of the molecule is COC(=O)c1cc(OC(C)C)c(Br)cc1N. The van der Waals surface area contributed by atoms with Crippen molar-refractivity contribution in [2.75, 3.05) is 12.8 Å². The third-order valence-electron chi connectivity index (χ3n) is 1.87. The minimum absolute atomic E-state index is 0.0189. The maximum atomic E-state index is 11.4. The fraction of sp³-hybridized carbons (Fsp3) is 0.364. The van der Waals surface area contributed by atoms with Gasteiger partial charge >= 0.3 is 5.97 Å². The highest BCUT2D eigenvalue weighted by atomic mass is 79.9. The largest absolute Gasteiger partial charge is 0.490 e. The fourth-order valence-electron chi connectivity index (χ4n) is 1.20. The first kappa shape index (κ1) is 12.8. The third kappa shape index (κ3) is 2.88. The summed E-state index contributed by atoms with van der Waals surface area (Å²) in [5.41, 5.74) is 6.37. The van der Waals surface area contributed by atoms with Crippen LogP contribution in [0.4, 0.5) is 5.69 Å². The molecule has 0 spiro atoms. The molecule has 4 nitrogen and oxygen atoms in total. The Labute approximate surface area is 103 Å². The molecule has 5 heteroatoms. The highest BCUT2D eigenvalue weighted by Gasteiger charge is 2.14. The molecular formula is C11H14BrNO3. The zero-order chi connectivity index (χ0) is 12.3. The topological polar surface area (TPSA) is 61.5 Å². The van der Waals surface area contributed by atoms with Gasteiger partial charge in [-0.25, -0.2) is 4.79 Å². The first-order valence-electron chi connectivity index (χ1n) is 4.79. The van der Waals surface area contributed by atoms with E-state index >= 15 is 0 Å². The predicted molar refractivity (Wildman–Crippen MR) is 65.7 cm³/mol. The Bertz CT molecular complexity index is 404. The van der Waals surface area contributed by atoms with Gasteiger partial charge in [0.25, 0.3) is 0 Å². The first-order valence-corrected chi connectivity index (χ1v) is 5.59. The monoisotopic (exact) mass is 287 g/mol. The molecule has 1 rings (SSSR count). The number of carbonyl (C=O) groups excluding carboxylic acids is 1. The van der Waals surface area contributed by atoms with Crippen LogP contribution in [-0.4, -0.2) is 19.2 Å². The van der Waals surface area contributed by atoms with Crippen molar-refractivity contribution in [2.45, 2.75) is 20.0 Å². The lowest BCUT2D eigenvalue weighted by Gasteiger charge is -2.13. The Morgan fingerprint density at radius 2 is 2.06 bits per heavy atom. The molecule has 0 saturated carbocycles. The molecule has 2 N–H and O–H groups in total. The van der Waals surface area contributed by atoms with Crippen molar-refractivity contribution in [3.05, 3.63) is 22.2 Å². The van der Waals surface area contributed by atoms with Crippen LogP contribution in [0.5, 0.6) is 5.75 Å². The Kier molecular flexibility index (Phi) is 4.18. The molecule has 0 aliphatic heterocycles. The van der Waals surface area contributed by atoms with Gasteiger partial charge in [0.1, 0.15) is 5.75 Å². The highest BCUT2D eigenvalue weighted by Crippen LogP contribution is 2.31. The van der Waals surface area contributed by atoms with E-state index in [0.29, 0.717) is 21.5 Å². The zero-order valence-corrected chi connectivity index (χ0v) is 11.0. The van der Waals surface area contributed by atoms with Gasteiger partial charge in [-0.3, -0.25) is 0 Å². The Morgan fingerprint density at radius 1 is 1.44 bits per heavy atom. The summed E-state index contributed by atoms with van der Waals surface area (Å²) in [6, 6.07) is 3.20. The number of halogens is 1. The second-order valence-electron chi connectivity index (χ2n) is 3.53. The van der Waals surface area contributed by atoms with E-state index in [-0.39, 0.29) is 6.10 Å². The first-order chi connectivity index (χ1) is 7.45. The minimum atomic E-state index is -0.474. The summed E-state index contributed by atoms with van der Waals surface area (Å²) in [6.07, 6.45) is 0.0189. The summed E-state index contributed by atoms with van der Waals surface area (Å²) < 4.78 is 10.9. The molecule has 0 atom stereocenters. The van der Waals surface area contributed by atoms with Crippen LogP contribution in [0.25, 0.3) is 0 Å². The van der Waals surface area contributed by atoms with E-state index in [1.54, 1.807) is 12.1 Å². The van der Waals surface area contributed by atoms with Gasteiger partial charge in [0.15, 0.2) is 0 Å². The summed E-state index contributed by atoms with van der Waals surface area (Å²) in [5.74, 6) is 0.100. The van der Waals surface area contributed by atoms with Gasteiger partial charge in [0.05, 0.1) is 23.2 Å². The molecule has 88 valence electrons. The van der Waals surface area contributed by atoms with Crippen LogP contribution in [0.1, 0.15) is 24.2 Å². The van der Waals surface area contributed by atoms with Gasteiger partial charge in [0, 0.05) is 5.69 Å². The fourth-order valence-corrected chi connectivity index (χ4v) is 1.65. The van der Waals surface area contributed by atoms with Crippen LogP contribution in [-0.2, 0) is 4.74 Å². The number of benzene rings is 1. The van der Waals surface area contributed by atoms with E-state index in [2.05, 4.69) is 20.7 Å². The number of hydrogen-bond donors (Lipinski definition) is 1. The number of carbonyl (C=O) groups is 1. The molecule has 0 heterocycles. The van der Waals surface area contributed by atoms with E-state index in [1.807, 2.05) is 13.8 Å². The summed E-state index contributed by atoms with van der Waals surface area (Å²) in [6.45, 7) is 3.81. The molecule has 0 fully saturated rings. The van der Waals surface area contributed by atoms with Gasteiger partial charge < -0.3 is 15.2 Å². The number of nitrogens with two attached hydrogens (primary N) is 1. The van der Waals surface area contributed by atoms with E-state index in [9.17, 15) is 4.79 Å². The Balaban J connectivity index is 3.16. The van der Waals surface area contributed by atoms with Crippen LogP contribution >= 0.6 is 15.9 Å². The average molecular weight is 288 g/mol. The maximum Gasteiger partial charge on any atom is 0.340 e. The van der Waals surface area contributed by atoms with E-state index in [0.717, 1.165) is 0 Å². The minimum Gasteiger partial charge on any atom is -0.490 e. The standard InChI is InChI=1S/C11H14BrNO3/c1-6(2)16-10-4-7(11(14)15-3)9(13)5-8(10)12/h4-6H,13H2,1-3H3. The molecule has 0 radical (unpaired) electrons. The van der Waals surface area contributed by atoms with E-state index in [1.165, 1.54) is 7.11 Å². The predicted octanol–water partition coefficient (Wildman–Crippen LogP) is 2.61. The lowest BCUT2D eigenvalue weighted by Crippen LogP contribution is -2.10. The molecule has 0 saturated heterocycles. The van der Waals surface area contributed by atoms with Gasteiger partial charge in [0.2, 0.25) is 0 Å². The van der Waals surface area contributed by atoms with Crippen molar-refractivity contribution in [3.8, 4) is 5.75 Å². The van der Waals surface area contributed by atoms with Crippen molar-refractivity contribution < 1.29 is 14.3 Å². The molecular weight excluding hydrogens is 274 g/mol. The van der Waals surface area contributed by atoms with Gasteiger partial charge in [-0.05, 0) is 41.9 Å². The smallest absolute Gasteiger partial charge is 0.340 e. The third-order valence-corrected chi connectivity index (χ3v) is 2.49. The van der Waals surface area contributed by atoms with Crippen LogP contribution in [0.3, 0.4) is 0 Å². The van der Waals surface area contributed by atoms with Crippen LogP contribution in [0, 0.1) is 0 Å². The number of esters is 1. The summed E-state index contributed by atoms with van der Waals surface area (Å²) >= 11 is 3.32. The number of nitrogen functional groups attached to an aromatic ring is 1. The van der Waals surface area contributed by atoms with E-state index < -0.39 is 5.97 Å². The number of rotatable bonds is 3. The molecule has 0 amide bonds. The number of hydrogen-bond acceptors (Lipinski definition) is 4. The molecule has 1 aromatic carbocycles. The van der Waals surface area contributed by atoms with Gasteiger partial charge in [-0.15, -0.1) is 0 Å². The number of methoxy groups -OCH3 is 1. The van der Waals surface area contributed by atoms with Crippen molar-refractivity contribution in [3.63, 3.8) is 0 Å². The molecule has 0 aromatic heterocycles. The maximum absolute atomic E-state index is 11.4. The van der Waals surface area contributed by atoms with Crippen molar-refractivity contribution in [2.24, 2.45) is 0 Å². The quantitative estimate of drug-likeness (QED) is 0.686. The number of ether oxygens (including phenoxy) is 2. The van der Waals surface area contributed by atoms with Gasteiger partial charge in [-0.2, -0.15) is 0 Å². The summed E-state index contributed by atoms with van der Waals surface area (Å²) in [5, 5.41) is 0. The van der Waals surface area contributed by atoms with Crippen LogP contribution < -0.4 is 10.5 Å². The lowest BCUT2D eigenvalue weighted by molar-refractivity contribution is 0.0601. The Morgan fingerprint density at radius 3 is 2.56 bits per heavy atom. The van der Waals surface area contributed by atoms with Crippen molar-refractivity contribution in [1.29, 1.82) is 0 Å². The molecule has 0 aliphatic rings. The van der Waals surface area contributed by atoms with Crippen molar-refractivity contribution >= 4 is 27.6 Å².